The molecule has 1 aliphatic heterocycles. The van der Waals surface area contributed by atoms with Crippen molar-refractivity contribution in [3.8, 4) is 0 Å². The number of hydrogen-bond donors (Lipinski definition) is 1. The minimum atomic E-state index is -3.17. The van der Waals surface area contributed by atoms with Crippen molar-refractivity contribution in [1.29, 1.82) is 0 Å². The highest BCUT2D eigenvalue weighted by Gasteiger charge is 2.26. The number of nitrogens with zero attached hydrogens (tertiary/aromatic N) is 2. The highest BCUT2D eigenvalue weighted by atomic mass is 32.2. The summed E-state index contributed by atoms with van der Waals surface area (Å²) in [4.78, 5) is 0. The fraction of sp³-hybridized carbons (Fsp3) is 0.800. The van der Waals surface area contributed by atoms with E-state index in [-0.39, 0.29) is 0 Å². The monoisotopic (exact) mass is 177 g/mol. The third-order valence-electron chi connectivity index (χ3n) is 1.56. The lowest BCUT2D eigenvalue weighted by atomic mass is 10.5. The maximum Gasteiger partial charge on any atom is 0.221 e. The highest BCUT2D eigenvalue weighted by molar-refractivity contribution is 7.90. The van der Waals surface area contributed by atoms with Crippen LogP contribution >= 0.6 is 0 Å². The molecule has 1 heterocycles. The van der Waals surface area contributed by atoms with Crippen molar-refractivity contribution in [2.45, 2.75) is 5.25 Å². The normalized spacial score (nSPS) is 24.5. The lowest BCUT2D eigenvalue weighted by Crippen LogP contribution is -2.35. The molecule has 0 aliphatic carbocycles. The van der Waals surface area contributed by atoms with Gasteiger partial charge in [0.2, 0.25) is 10.0 Å². The van der Waals surface area contributed by atoms with Crippen LogP contribution in [0.25, 0.3) is 0 Å². The van der Waals surface area contributed by atoms with Gasteiger partial charge >= 0.3 is 0 Å². The summed E-state index contributed by atoms with van der Waals surface area (Å²) in [6, 6.07) is 0. The lowest BCUT2D eigenvalue weighted by Gasteiger charge is -2.09. The van der Waals surface area contributed by atoms with E-state index in [2.05, 4.69) is 9.82 Å². The Bertz CT molecular complexity index is 259. The van der Waals surface area contributed by atoms with E-state index in [0.717, 1.165) is 0 Å². The molecule has 1 atom stereocenters. The lowest BCUT2D eigenvalue weighted by molar-refractivity contribution is 0.391. The Labute approximate surface area is 66.1 Å². The minimum absolute atomic E-state index is 0.434. The second-order valence-corrected chi connectivity index (χ2v) is 4.50. The van der Waals surface area contributed by atoms with E-state index >= 15 is 0 Å². The van der Waals surface area contributed by atoms with Crippen molar-refractivity contribution in [1.82, 2.24) is 9.73 Å². The Balaban J connectivity index is 2.73. The number of nitrogens with one attached hydrogen (secondary N) is 1. The first-order valence-corrected chi connectivity index (χ1v) is 4.78. The first-order valence-electron chi connectivity index (χ1n) is 3.24. The van der Waals surface area contributed by atoms with Gasteiger partial charge in [0.15, 0.2) is 0 Å². The Morgan fingerprint density at radius 1 is 1.73 bits per heavy atom. The summed E-state index contributed by atoms with van der Waals surface area (Å²) >= 11 is 0. The molecule has 0 amide bonds. The van der Waals surface area contributed by atoms with Crippen molar-refractivity contribution >= 4 is 16.2 Å². The van der Waals surface area contributed by atoms with Gasteiger partial charge in [-0.3, -0.25) is 5.01 Å². The molecular formula is C5H11N3O2S. The molecule has 0 saturated heterocycles. The van der Waals surface area contributed by atoms with Crippen molar-refractivity contribution in [3.05, 3.63) is 0 Å². The SMILES string of the molecule is CNS(=O)(=O)C1C=NN(C)C1. The molecule has 0 aromatic rings. The molecule has 1 unspecified atom stereocenters. The molecule has 0 radical (unpaired) electrons. The smallest absolute Gasteiger partial charge is 0.221 e. The van der Waals surface area contributed by atoms with Gasteiger partial charge in [-0.05, 0) is 7.05 Å². The minimum Gasteiger partial charge on any atom is -0.299 e. The molecule has 1 N–H and O–H groups in total. The molecule has 0 aromatic heterocycles. The van der Waals surface area contributed by atoms with Crippen LogP contribution < -0.4 is 4.72 Å². The summed E-state index contributed by atoms with van der Waals surface area (Å²) in [6.45, 7) is 0.434. The molecule has 1 rings (SSSR count). The zero-order chi connectivity index (χ0) is 8.48. The summed E-state index contributed by atoms with van der Waals surface area (Å²) in [6.07, 6.45) is 1.44. The predicted molar refractivity (Wildman–Crippen MR) is 42.9 cm³/mol. The number of sulfonamides is 1. The molecule has 5 nitrogen and oxygen atoms in total. The van der Waals surface area contributed by atoms with Gasteiger partial charge in [0.1, 0.15) is 5.25 Å². The van der Waals surface area contributed by atoms with Crippen molar-refractivity contribution in [2.75, 3.05) is 20.6 Å². The fourth-order valence-corrected chi connectivity index (χ4v) is 1.80. The van der Waals surface area contributed by atoms with Crippen LogP contribution in [0.3, 0.4) is 0 Å². The van der Waals surface area contributed by atoms with Crippen LogP contribution in [0.2, 0.25) is 0 Å². The van der Waals surface area contributed by atoms with E-state index in [9.17, 15) is 8.42 Å². The zero-order valence-corrected chi connectivity index (χ0v) is 7.30. The fourth-order valence-electron chi connectivity index (χ4n) is 0.872. The van der Waals surface area contributed by atoms with E-state index in [4.69, 9.17) is 0 Å². The summed E-state index contributed by atoms with van der Waals surface area (Å²) < 4.78 is 24.5. The molecular weight excluding hydrogens is 166 g/mol. The van der Waals surface area contributed by atoms with Gasteiger partial charge in [-0.15, -0.1) is 0 Å². The topological polar surface area (TPSA) is 61.8 Å². The highest BCUT2D eigenvalue weighted by Crippen LogP contribution is 2.04. The number of hydrogen-bond acceptors (Lipinski definition) is 4. The quantitative estimate of drug-likeness (QED) is 0.578. The molecule has 6 heteroatoms. The van der Waals surface area contributed by atoms with Gasteiger partial charge in [-0.25, -0.2) is 13.1 Å². The van der Waals surface area contributed by atoms with E-state index in [1.165, 1.54) is 13.3 Å². The number of hydrazone groups is 1. The largest absolute Gasteiger partial charge is 0.299 e. The standard InChI is InChI=1S/C5H11N3O2S/c1-6-11(9,10)5-3-7-8(2)4-5/h3,5-6H,4H2,1-2H3. The molecule has 0 aromatic carbocycles. The Hall–Kier alpha value is -0.620. The first-order chi connectivity index (χ1) is 5.06. The maximum absolute atomic E-state index is 11.1. The summed E-state index contributed by atoms with van der Waals surface area (Å²) in [7, 11) is -0.0298. The zero-order valence-electron chi connectivity index (χ0n) is 6.48. The Kier molecular flexibility index (Phi) is 2.15. The van der Waals surface area contributed by atoms with Crippen molar-refractivity contribution in [2.24, 2.45) is 5.10 Å². The molecule has 64 valence electrons. The van der Waals surface area contributed by atoms with Gasteiger partial charge in [0.05, 0.1) is 6.54 Å². The maximum atomic E-state index is 11.1. The van der Waals surface area contributed by atoms with Crippen LogP contribution in [-0.4, -0.2) is 45.5 Å². The van der Waals surface area contributed by atoms with Crippen molar-refractivity contribution in [3.63, 3.8) is 0 Å². The summed E-state index contributed by atoms with van der Waals surface area (Å²) in [5.41, 5.74) is 0. The van der Waals surface area contributed by atoms with Gasteiger partial charge in [0.25, 0.3) is 0 Å². The van der Waals surface area contributed by atoms with E-state index in [0.29, 0.717) is 6.54 Å². The Morgan fingerprint density at radius 3 is 2.73 bits per heavy atom. The Morgan fingerprint density at radius 2 is 2.36 bits per heavy atom. The van der Waals surface area contributed by atoms with Crippen LogP contribution in [0.1, 0.15) is 0 Å². The second kappa shape index (κ2) is 2.78. The van der Waals surface area contributed by atoms with Gasteiger partial charge < -0.3 is 0 Å². The van der Waals surface area contributed by atoms with Gasteiger partial charge in [0, 0.05) is 13.3 Å². The van der Waals surface area contributed by atoms with E-state index in [1.807, 2.05) is 0 Å². The van der Waals surface area contributed by atoms with Crippen LogP contribution in [0.4, 0.5) is 0 Å². The average Bonchev–Trinajstić information content (AvgIpc) is 2.36. The summed E-state index contributed by atoms with van der Waals surface area (Å²) in [5.74, 6) is 0. The molecule has 0 spiro atoms. The van der Waals surface area contributed by atoms with E-state index in [1.54, 1.807) is 12.1 Å². The van der Waals surface area contributed by atoms with Crippen molar-refractivity contribution < 1.29 is 8.42 Å². The van der Waals surface area contributed by atoms with Crippen LogP contribution in [0.5, 0.6) is 0 Å². The molecule has 11 heavy (non-hydrogen) atoms. The number of rotatable bonds is 2. The first kappa shape index (κ1) is 8.48. The summed E-state index contributed by atoms with van der Waals surface area (Å²) in [5, 5.41) is 4.92. The third-order valence-corrected chi connectivity index (χ3v) is 3.19. The molecule has 0 bridgehead atoms. The second-order valence-electron chi connectivity index (χ2n) is 2.39. The predicted octanol–water partition coefficient (Wildman–Crippen LogP) is -1.16. The van der Waals surface area contributed by atoms with Crippen LogP contribution in [-0.2, 0) is 10.0 Å². The van der Waals surface area contributed by atoms with Crippen LogP contribution in [0.15, 0.2) is 5.10 Å². The average molecular weight is 177 g/mol. The molecule has 1 aliphatic rings. The third kappa shape index (κ3) is 1.69. The van der Waals surface area contributed by atoms with E-state index < -0.39 is 15.3 Å². The van der Waals surface area contributed by atoms with Crippen LogP contribution in [0, 0.1) is 0 Å². The molecule has 0 saturated carbocycles. The van der Waals surface area contributed by atoms with Gasteiger partial charge in [-0.2, -0.15) is 5.10 Å². The van der Waals surface area contributed by atoms with Gasteiger partial charge in [-0.1, -0.05) is 0 Å². The molecule has 0 fully saturated rings.